The predicted octanol–water partition coefficient (Wildman–Crippen LogP) is 5.93. The highest BCUT2D eigenvalue weighted by Gasteiger charge is 2.30. The number of hydrogen-bond donors (Lipinski definition) is 1. The molecule has 0 aliphatic rings. The fraction of sp³-hybridized carbons (Fsp3) is 0.200. The number of rotatable bonds is 3. The molecule has 6 heteroatoms. The van der Waals surface area contributed by atoms with Crippen molar-refractivity contribution in [3.8, 4) is 0 Å². The molecule has 2 rings (SSSR count). The Morgan fingerprint density at radius 1 is 1.05 bits per heavy atom. The van der Waals surface area contributed by atoms with E-state index in [0.717, 1.165) is 12.1 Å². The summed E-state index contributed by atoms with van der Waals surface area (Å²) < 4.78 is 38.2. The molecule has 112 valence electrons. The fourth-order valence-electron chi connectivity index (χ4n) is 1.87. The maximum absolute atomic E-state index is 12.7. The monoisotopic (exact) mass is 333 g/mol. The zero-order valence-electron chi connectivity index (χ0n) is 11.1. The van der Waals surface area contributed by atoms with E-state index in [1.165, 1.54) is 6.07 Å². The van der Waals surface area contributed by atoms with Crippen LogP contribution in [0, 0.1) is 6.92 Å². The van der Waals surface area contributed by atoms with E-state index in [1.54, 1.807) is 25.1 Å². The molecular formula is C15H12Cl2F3N. The summed E-state index contributed by atoms with van der Waals surface area (Å²) in [6.07, 6.45) is -4.37. The second-order valence-electron chi connectivity index (χ2n) is 4.58. The van der Waals surface area contributed by atoms with Gasteiger partial charge in [-0.3, -0.25) is 0 Å². The smallest absolute Gasteiger partial charge is 0.381 e. The standard InChI is InChI=1S/C15H12Cl2F3N/c1-9-5-6-10(15(18,19)20)7-14(9)21-8-11-12(16)3-2-4-13(11)17/h2-7,21H,8H2,1H3. The van der Waals surface area contributed by atoms with Gasteiger partial charge in [0, 0.05) is 27.8 Å². The molecule has 0 unspecified atom stereocenters. The van der Waals surface area contributed by atoms with Gasteiger partial charge in [-0.25, -0.2) is 0 Å². The van der Waals surface area contributed by atoms with Gasteiger partial charge in [0.25, 0.3) is 0 Å². The second-order valence-corrected chi connectivity index (χ2v) is 5.40. The van der Waals surface area contributed by atoms with Gasteiger partial charge in [0.1, 0.15) is 0 Å². The number of aryl methyl sites for hydroxylation is 1. The molecule has 0 aliphatic carbocycles. The van der Waals surface area contributed by atoms with E-state index in [-0.39, 0.29) is 6.54 Å². The first kappa shape index (κ1) is 16.0. The summed E-state index contributed by atoms with van der Waals surface area (Å²) in [7, 11) is 0. The van der Waals surface area contributed by atoms with Crippen molar-refractivity contribution in [2.24, 2.45) is 0 Å². The molecule has 2 aromatic carbocycles. The number of nitrogens with one attached hydrogen (secondary N) is 1. The van der Waals surface area contributed by atoms with Crippen LogP contribution in [0.1, 0.15) is 16.7 Å². The van der Waals surface area contributed by atoms with Crippen LogP contribution in [0.15, 0.2) is 36.4 Å². The van der Waals surface area contributed by atoms with Crippen LogP contribution in [0.4, 0.5) is 18.9 Å². The van der Waals surface area contributed by atoms with E-state index in [0.29, 0.717) is 26.9 Å². The summed E-state index contributed by atoms with van der Waals surface area (Å²) in [5.41, 5.74) is 1.07. The van der Waals surface area contributed by atoms with Gasteiger partial charge in [-0.15, -0.1) is 0 Å². The highest BCUT2D eigenvalue weighted by Crippen LogP contribution is 2.32. The molecule has 0 fully saturated rings. The van der Waals surface area contributed by atoms with Crippen LogP contribution in [0.2, 0.25) is 10.0 Å². The van der Waals surface area contributed by atoms with Gasteiger partial charge in [-0.2, -0.15) is 13.2 Å². The molecule has 0 radical (unpaired) electrons. The zero-order valence-corrected chi connectivity index (χ0v) is 12.6. The van der Waals surface area contributed by atoms with Gasteiger partial charge in [0.15, 0.2) is 0 Å². The lowest BCUT2D eigenvalue weighted by Gasteiger charge is -2.14. The first-order valence-corrected chi connectivity index (χ1v) is 6.89. The van der Waals surface area contributed by atoms with E-state index in [1.807, 2.05) is 0 Å². The Hall–Kier alpha value is -1.39. The van der Waals surface area contributed by atoms with Crippen LogP contribution in [-0.4, -0.2) is 0 Å². The topological polar surface area (TPSA) is 12.0 Å². The second kappa shape index (κ2) is 6.16. The Balaban J connectivity index is 2.24. The quantitative estimate of drug-likeness (QED) is 0.733. The summed E-state index contributed by atoms with van der Waals surface area (Å²) in [6.45, 7) is 1.98. The normalized spacial score (nSPS) is 11.5. The Bertz CT molecular complexity index is 634. The molecule has 0 saturated heterocycles. The fourth-order valence-corrected chi connectivity index (χ4v) is 2.40. The lowest BCUT2D eigenvalue weighted by Crippen LogP contribution is -2.08. The molecule has 1 nitrogen and oxygen atoms in total. The van der Waals surface area contributed by atoms with Crippen molar-refractivity contribution in [3.63, 3.8) is 0 Å². The minimum absolute atomic E-state index is 0.251. The van der Waals surface area contributed by atoms with Crippen molar-refractivity contribution in [1.29, 1.82) is 0 Å². The van der Waals surface area contributed by atoms with Gasteiger partial charge >= 0.3 is 6.18 Å². The molecule has 0 spiro atoms. The van der Waals surface area contributed by atoms with Crippen molar-refractivity contribution >= 4 is 28.9 Å². The molecule has 2 aromatic rings. The Morgan fingerprint density at radius 3 is 2.24 bits per heavy atom. The molecule has 0 amide bonds. The third-order valence-corrected chi connectivity index (χ3v) is 3.79. The first-order valence-electron chi connectivity index (χ1n) is 6.13. The summed E-state index contributed by atoms with van der Waals surface area (Å²) >= 11 is 12.1. The minimum Gasteiger partial charge on any atom is -0.381 e. The Labute approximate surface area is 130 Å². The lowest BCUT2D eigenvalue weighted by atomic mass is 10.1. The number of hydrogen-bond acceptors (Lipinski definition) is 1. The molecular weight excluding hydrogens is 322 g/mol. The van der Waals surface area contributed by atoms with E-state index in [9.17, 15) is 13.2 Å². The van der Waals surface area contributed by atoms with Crippen LogP contribution in [0.25, 0.3) is 0 Å². The van der Waals surface area contributed by atoms with Crippen LogP contribution < -0.4 is 5.32 Å². The predicted molar refractivity (Wildman–Crippen MR) is 80.0 cm³/mol. The molecule has 0 aromatic heterocycles. The Kier molecular flexibility index (Phi) is 4.69. The maximum atomic E-state index is 12.7. The number of anilines is 1. The van der Waals surface area contributed by atoms with Crippen LogP contribution in [0.3, 0.4) is 0 Å². The Morgan fingerprint density at radius 2 is 1.67 bits per heavy atom. The van der Waals surface area contributed by atoms with Gasteiger partial charge < -0.3 is 5.32 Å². The molecule has 0 bridgehead atoms. The molecule has 21 heavy (non-hydrogen) atoms. The maximum Gasteiger partial charge on any atom is 0.416 e. The summed E-state index contributed by atoms with van der Waals surface area (Å²) in [5, 5.41) is 3.90. The van der Waals surface area contributed by atoms with Crippen LogP contribution in [-0.2, 0) is 12.7 Å². The van der Waals surface area contributed by atoms with Crippen molar-refractivity contribution in [1.82, 2.24) is 0 Å². The van der Waals surface area contributed by atoms with Crippen molar-refractivity contribution in [2.45, 2.75) is 19.6 Å². The lowest BCUT2D eigenvalue weighted by molar-refractivity contribution is -0.137. The van der Waals surface area contributed by atoms with Gasteiger partial charge in [-0.05, 0) is 36.8 Å². The van der Waals surface area contributed by atoms with E-state index in [4.69, 9.17) is 23.2 Å². The van der Waals surface area contributed by atoms with Gasteiger partial charge in [0.2, 0.25) is 0 Å². The largest absolute Gasteiger partial charge is 0.416 e. The summed E-state index contributed by atoms with van der Waals surface area (Å²) in [6, 6.07) is 8.65. The summed E-state index contributed by atoms with van der Waals surface area (Å²) in [4.78, 5) is 0. The van der Waals surface area contributed by atoms with E-state index >= 15 is 0 Å². The molecule has 0 atom stereocenters. The average Bonchev–Trinajstić information content (AvgIpc) is 2.38. The zero-order chi connectivity index (χ0) is 15.6. The molecule has 0 saturated carbocycles. The van der Waals surface area contributed by atoms with E-state index in [2.05, 4.69) is 5.32 Å². The average molecular weight is 334 g/mol. The molecule has 0 heterocycles. The number of alkyl halides is 3. The molecule has 0 aliphatic heterocycles. The van der Waals surface area contributed by atoms with Crippen molar-refractivity contribution in [2.75, 3.05) is 5.32 Å². The number of halogens is 5. The first-order chi connectivity index (χ1) is 9.79. The third-order valence-electron chi connectivity index (χ3n) is 3.08. The highest BCUT2D eigenvalue weighted by molar-refractivity contribution is 6.36. The third kappa shape index (κ3) is 3.83. The van der Waals surface area contributed by atoms with Gasteiger partial charge in [-0.1, -0.05) is 35.3 Å². The number of benzene rings is 2. The molecule has 1 N–H and O–H groups in total. The highest BCUT2D eigenvalue weighted by atomic mass is 35.5. The minimum atomic E-state index is -4.37. The van der Waals surface area contributed by atoms with E-state index < -0.39 is 11.7 Å². The SMILES string of the molecule is Cc1ccc(C(F)(F)F)cc1NCc1c(Cl)cccc1Cl. The van der Waals surface area contributed by atoms with Crippen LogP contribution in [0.5, 0.6) is 0 Å². The summed E-state index contributed by atoms with van der Waals surface area (Å²) in [5.74, 6) is 0. The van der Waals surface area contributed by atoms with Crippen molar-refractivity contribution in [3.05, 3.63) is 63.1 Å². The van der Waals surface area contributed by atoms with Gasteiger partial charge in [0.05, 0.1) is 5.56 Å². The van der Waals surface area contributed by atoms with Crippen LogP contribution >= 0.6 is 23.2 Å². The van der Waals surface area contributed by atoms with Crippen molar-refractivity contribution < 1.29 is 13.2 Å².